The first-order chi connectivity index (χ1) is 7.77. The highest BCUT2D eigenvalue weighted by atomic mass is 16.4. The number of carbonyl (C=O) groups is 1. The summed E-state index contributed by atoms with van der Waals surface area (Å²) in [5.41, 5.74) is 2.39. The van der Waals surface area contributed by atoms with Gasteiger partial charge in [-0.15, -0.1) is 0 Å². The molecule has 0 amide bonds. The molecular formula is C12H10N2O2. The molecule has 16 heavy (non-hydrogen) atoms. The van der Waals surface area contributed by atoms with Gasteiger partial charge in [-0.3, -0.25) is 0 Å². The number of benzene rings is 1. The molecule has 0 aliphatic rings. The second kappa shape index (κ2) is 4.44. The molecule has 0 radical (unpaired) electrons. The van der Waals surface area contributed by atoms with E-state index in [0.717, 1.165) is 17.3 Å². The number of hydrogen-bond acceptors (Lipinski definition) is 2. The van der Waals surface area contributed by atoms with Crippen LogP contribution in [-0.2, 0) is 4.79 Å². The third kappa shape index (κ3) is 2.17. The normalized spacial score (nSPS) is 10.8. The van der Waals surface area contributed by atoms with Crippen molar-refractivity contribution in [1.29, 1.82) is 0 Å². The van der Waals surface area contributed by atoms with E-state index >= 15 is 0 Å². The summed E-state index contributed by atoms with van der Waals surface area (Å²) < 4.78 is 0. The summed E-state index contributed by atoms with van der Waals surface area (Å²) in [5.74, 6) is -0.978. The standard InChI is InChI=1S/C12H10N2O2/c15-11(16)7-6-10-12(14-8-13-10)9-4-2-1-3-5-9/h1-8H,(H,13,14)(H,15,16)/b7-6+. The Labute approximate surface area is 92.3 Å². The van der Waals surface area contributed by atoms with Gasteiger partial charge in [0.15, 0.2) is 0 Å². The molecule has 2 aromatic rings. The lowest BCUT2D eigenvalue weighted by Crippen LogP contribution is -1.87. The smallest absolute Gasteiger partial charge is 0.328 e. The Hall–Kier alpha value is -2.36. The summed E-state index contributed by atoms with van der Waals surface area (Å²) in [5, 5.41) is 8.55. The zero-order valence-electron chi connectivity index (χ0n) is 8.42. The lowest BCUT2D eigenvalue weighted by molar-refractivity contribution is -0.131. The van der Waals surface area contributed by atoms with Crippen molar-refractivity contribution in [2.75, 3.05) is 0 Å². The molecule has 0 aliphatic heterocycles. The fourth-order valence-corrected chi connectivity index (χ4v) is 1.41. The fourth-order valence-electron chi connectivity index (χ4n) is 1.41. The molecule has 1 aromatic carbocycles. The molecule has 0 unspecified atom stereocenters. The SMILES string of the molecule is O=C(O)/C=C/c1[nH]cnc1-c1ccccc1. The summed E-state index contributed by atoms with van der Waals surface area (Å²) >= 11 is 0. The molecule has 2 N–H and O–H groups in total. The van der Waals surface area contributed by atoms with Crippen molar-refractivity contribution in [2.24, 2.45) is 0 Å². The number of nitrogens with zero attached hydrogens (tertiary/aromatic N) is 1. The second-order valence-corrected chi connectivity index (χ2v) is 3.20. The number of imidazole rings is 1. The maximum absolute atomic E-state index is 10.4. The number of aromatic nitrogens is 2. The van der Waals surface area contributed by atoms with Crippen LogP contribution in [0.4, 0.5) is 0 Å². The quantitative estimate of drug-likeness (QED) is 0.769. The highest BCUT2D eigenvalue weighted by molar-refractivity contribution is 5.86. The Morgan fingerprint density at radius 2 is 2.06 bits per heavy atom. The third-order valence-electron chi connectivity index (χ3n) is 2.11. The largest absolute Gasteiger partial charge is 0.478 e. The van der Waals surface area contributed by atoms with Gasteiger partial charge in [-0.05, 0) is 6.08 Å². The molecular weight excluding hydrogens is 204 g/mol. The molecule has 4 nitrogen and oxygen atoms in total. The third-order valence-corrected chi connectivity index (χ3v) is 2.11. The number of nitrogens with one attached hydrogen (secondary N) is 1. The summed E-state index contributed by atoms with van der Waals surface area (Å²) in [7, 11) is 0. The minimum atomic E-state index is -0.978. The van der Waals surface area contributed by atoms with Crippen molar-refractivity contribution < 1.29 is 9.90 Å². The van der Waals surface area contributed by atoms with E-state index in [4.69, 9.17) is 5.11 Å². The van der Waals surface area contributed by atoms with Gasteiger partial charge in [0.25, 0.3) is 0 Å². The molecule has 0 atom stereocenters. The topological polar surface area (TPSA) is 66.0 Å². The van der Waals surface area contributed by atoms with E-state index < -0.39 is 5.97 Å². The minimum absolute atomic E-state index is 0.689. The van der Waals surface area contributed by atoms with Crippen molar-refractivity contribution in [2.45, 2.75) is 0 Å². The molecule has 0 saturated carbocycles. The van der Waals surface area contributed by atoms with Gasteiger partial charge < -0.3 is 10.1 Å². The second-order valence-electron chi connectivity index (χ2n) is 3.20. The Morgan fingerprint density at radius 1 is 1.31 bits per heavy atom. The number of rotatable bonds is 3. The van der Waals surface area contributed by atoms with E-state index in [1.54, 1.807) is 6.33 Å². The number of aromatic amines is 1. The van der Waals surface area contributed by atoms with Gasteiger partial charge >= 0.3 is 5.97 Å². The Balaban J connectivity index is 2.37. The van der Waals surface area contributed by atoms with Gasteiger partial charge in [-0.25, -0.2) is 9.78 Å². The first-order valence-corrected chi connectivity index (χ1v) is 4.77. The number of aliphatic carboxylic acids is 1. The number of hydrogen-bond donors (Lipinski definition) is 2. The summed E-state index contributed by atoms with van der Waals surface area (Å²) in [6.45, 7) is 0. The van der Waals surface area contributed by atoms with Crippen LogP contribution in [0.25, 0.3) is 17.3 Å². The van der Waals surface area contributed by atoms with Crippen LogP contribution >= 0.6 is 0 Å². The van der Waals surface area contributed by atoms with Gasteiger partial charge in [0, 0.05) is 11.6 Å². The number of carboxylic acid groups (broad SMARTS) is 1. The van der Waals surface area contributed by atoms with Gasteiger partial charge in [-0.2, -0.15) is 0 Å². The van der Waals surface area contributed by atoms with Gasteiger partial charge in [0.1, 0.15) is 0 Å². The maximum atomic E-state index is 10.4. The predicted molar refractivity (Wildman–Crippen MR) is 60.7 cm³/mol. The van der Waals surface area contributed by atoms with Crippen LogP contribution in [0, 0.1) is 0 Å². The minimum Gasteiger partial charge on any atom is -0.478 e. The van der Waals surface area contributed by atoms with Crippen molar-refractivity contribution in [3.05, 3.63) is 48.4 Å². The van der Waals surface area contributed by atoms with Crippen molar-refractivity contribution >= 4 is 12.0 Å². The lowest BCUT2D eigenvalue weighted by Gasteiger charge is -1.97. The molecule has 1 heterocycles. The van der Waals surface area contributed by atoms with Crippen LogP contribution in [0.3, 0.4) is 0 Å². The van der Waals surface area contributed by atoms with E-state index in [1.165, 1.54) is 6.08 Å². The predicted octanol–water partition coefficient (Wildman–Crippen LogP) is 2.17. The Bertz CT molecular complexity index is 515. The Morgan fingerprint density at radius 3 is 2.75 bits per heavy atom. The van der Waals surface area contributed by atoms with E-state index in [9.17, 15) is 4.79 Å². The molecule has 1 aromatic heterocycles. The molecule has 0 aliphatic carbocycles. The average molecular weight is 214 g/mol. The van der Waals surface area contributed by atoms with Crippen LogP contribution < -0.4 is 0 Å². The summed E-state index contributed by atoms with van der Waals surface area (Å²) in [4.78, 5) is 17.5. The van der Waals surface area contributed by atoms with Crippen LogP contribution in [0.5, 0.6) is 0 Å². The molecule has 80 valence electrons. The number of carboxylic acids is 1. The Kier molecular flexibility index (Phi) is 2.82. The lowest BCUT2D eigenvalue weighted by atomic mass is 10.1. The van der Waals surface area contributed by atoms with Crippen molar-refractivity contribution in [3.63, 3.8) is 0 Å². The monoisotopic (exact) mass is 214 g/mol. The van der Waals surface area contributed by atoms with Gasteiger partial charge in [-0.1, -0.05) is 30.3 Å². The van der Waals surface area contributed by atoms with E-state index in [-0.39, 0.29) is 0 Å². The molecule has 0 bridgehead atoms. The summed E-state index contributed by atoms with van der Waals surface area (Å²) in [6, 6.07) is 9.59. The highest BCUT2D eigenvalue weighted by Gasteiger charge is 2.04. The van der Waals surface area contributed by atoms with E-state index in [0.29, 0.717) is 5.69 Å². The average Bonchev–Trinajstić information content (AvgIpc) is 2.75. The molecule has 4 heteroatoms. The zero-order valence-corrected chi connectivity index (χ0v) is 8.42. The zero-order chi connectivity index (χ0) is 11.4. The maximum Gasteiger partial charge on any atom is 0.328 e. The van der Waals surface area contributed by atoms with E-state index in [2.05, 4.69) is 9.97 Å². The number of H-pyrrole nitrogens is 1. The van der Waals surface area contributed by atoms with Crippen LogP contribution in [0.15, 0.2) is 42.7 Å². The first-order valence-electron chi connectivity index (χ1n) is 4.77. The first kappa shape index (κ1) is 10.2. The van der Waals surface area contributed by atoms with Crippen LogP contribution in [0.1, 0.15) is 5.69 Å². The molecule has 0 saturated heterocycles. The molecule has 0 spiro atoms. The van der Waals surface area contributed by atoms with E-state index in [1.807, 2.05) is 30.3 Å². The van der Waals surface area contributed by atoms with Crippen molar-refractivity contribution in [3.8, 4) is 11.3 Å². The molecule has 0 fully saturated rings. The summed E-state index contributed by atoms with van der Waals surface area (Å²) in [6.07, 6.45) is 4.13. The highest BCUT2D eigenvalue weighted by Crippen LogP contribution is 2.20. The van der Waals surface area contributed by atoms with Gasteiger partial charge in [0.2, 0.25) is 0 Å². The molecule has 2 rings (SSSR count). The van der Waals surface area contributed by atoms with Crippen LogP contribution in [-0.4, -0.2) is 21.0 Å². The fraction of sp³-hybridized carbons (Fsp3) is 0. The van der Waals surface area contributed by atoms with Crippen LogP contribution in [0.2, 0.25) is 0 Å². The van der Waals surface area contributed by atoms with Crippen molar-refractivity contribution in [1.82, 2.24) is 9.97 Å². The van der Waals surface area contributed by atoms with Gasteiger partial charge in [0.05, 0.1) is 17.7 Å².